The molecule has 1 heterocycles. The molecule has 0 saturated carbocycles. The number of aryl methyl sites for hydroxylation is 2. The lowest BCUT2D eigenvalue weighted by Gasteiger charge is -2.16. The van der Waals surface area contributed by atoms with Gasteiger partial charge in [-0.25, -0.2) is 4.79 Å². The Balaban J connectivity index is 1.67. The van der Waals surface area contributed by atoms with Gasteiger partial charge in [-0.1, -0.05) is 6.07 Å². The molecule has 0 radical (unpaired) electrons. The molecule has 0 saturated heterocycles. The first-order valence-electron chi connectivity index (χ1n) is 6.86. The molecule has 3 nitrogen and oxygen atoms in total. The predicted octanol–water partition coefficient (Wildman–Crippen LogP) is 3.78. The molecule has 1 aromatic heterocycles. The molecule has 0 N–H and O–H groups in total. The van der Waals surface area contributed by atoms with Crippen LogP contribution in [0.3, 0.4) is 0 Å². The lowest BCUT2D eigenvalue weighted by atomic mass is 9.92. The van der Waals surface area contributed by atoms with Crippen LogP contribution in [0.1, 0.15) is 29.7 Å². The SMILES string of the molecule is O=C(/C=C/c1ccco1)Oc1ccc2c(c1)CCCC2. The minimum absolute atomic E-state index is 0.392. The summed E-state index contributed by atoms with van der Waals surface area (Å²) < 4.78 is 10.4. The highest BCUT2D eigenvalue weighted by Gasteiger charge is 2.10. The third kappa shape index (κ3) is 2.99. The van der Waals surface area contributed by atoms with Crippen LogP contribution < -0.4 is 4.74 Å². The number of rotatable bonds is 3. The number of esters is 1. The minimum atomic E-state index is -0.392. The van der Waals surface area contributed by atoms with Crippen LogP contribution in [0.2, 0.25) is 0 Å². The van der Waals surface area contributed by atoms with Crippen LogP contribution in [0.4, 0.5) is 0 Å². The lowest BCUT2D eigenvalue weighted by Crippen LogP contribution is -2.06. The van der Waals surface area contributed by atoms with Gasteiger partial charge in [-0.2, -0.15) is 0 Å². The van der Waals surface area contributed by atoms with Gasteiger partial charge in [0.15, 0.2) is 0 Å². The van der Waals surface area contributed by atoms with Gasteiger partial charge in [-0.3, -0.25) is 0 Å². The van der Waals surface area contributed by atoms with Crippen molar-refractivity contribution in [2.75, 3.05) is 0 Å². The van der Waals surface area contributed by atoms with Gasteiger partial charge in [0.25, 0.3) is 0 Å². The average Bonchev–Trinajstić information content (AvgIpc) is 2.98. The first-order valence-corrected chi connectivity index (χ1v) is 6.86. The second-order valence-corrected chi connectivity index (χ2v) is 4.91. The van der Waals surface area contributed by atoms with Crippen LogP contribution in [0.15, 0.2) is 47.1 Å². The molecule has 0 spiro atoms. The van der Waals surface area contributed by atoms with Gasteiger partial charge in [0.2, 0.25) is 0 Å². The zero-order chi connectivity index (χ0) is 13.8. The van der Waals surface area contributed by atoms with E-state index in [2.05, 4.69) is 6.07 Å². The summed E-state index contributed by atoms with van der Waals surface area (Å²) >= 11 is 0. The van der Waals surface area contributed by atoms with E-state index in [1.807, 2.05) is 12.1 Å². The van der Waals surface area contributed by atoms with E-state index in [0.717, 1.165) is 12.8 Å². The summed E-state index contributed by atoms with van der Waals surface area (Å²) in [6.45, 7) is 0. The number of fused-ring (bicyclic) bond motifs is 1. The van der Waals surface area contributed by atoms with Crippen LogP contribution in [0.25, 0.3) is 6.08 Å². The van der Waals surface area contributed by atoms with E-state index in [-0.39, 0.29) is 0 Å². The van der Waals surface area contributed by atoms with Crippen molar-refractivity contribution in [3.05, 3.63) is 59.6 Å². The molecule has 0 fully saturated rings. The van der Waals surface area contributed by atoms with Crippen molar-refractivity contribution in [3.8, 4) is 5.75 Å². The second kappa shape index (κ2) is 5.78. The summed E-state index contributed by atoms with van der Waals surface area (Å²) in [6, 6.07) is 9.46. The molecule has 0 amide bonds. The van der Waals surface area contributed by atoms with Crippen molar-refractivity contribution in [1.29, 1.82) is 0 Å². The Bertz CT molecular complexity index is 624. The minimum Gasteiger partial charge on any atom is -0.465 e. The highest BCUT2D eigenvalue weighted by Crippen LogP contribution is 2.25. The van der Waals surface area contributed by atoms with Gasteiger partial charge in [0.05, 0.1) is 6.26 Å². The number of carbonyl (C=O) groups is 1. The summed E-state index contributed by atoms with van der Waals surface area (Å²) in [5, 5.41) is 0. The molecule has 0 atom stereocenters. The van der Waals surface area contributed by atoms with Crippen LogP contribution >= 0.6 is 0 Å². The van der Waals surface area contributed by atoms with Gasteiger partial charge in [-0.05, 0) is 67.2 Å². The van der Waals surface area contributed by atoms with Crippen LogP contribution in [-0.4, -0.2) is 5.97 Å². The van der Waals surface area contributed by atoms with E-state index in [1.54, 1.807) is 24.5 Å². The second-order valence-electron chi connectivity index (χ2n) is 4.91. The lowest BCUT2D eigenvalue weighted by molar-refractivity contribution is -0.128. The maximum absolute atomic E-state index is 11.7. The fraction of sp³-hybridized carbons (Fsp3) is 0.235. The topological polar surface area (TPSA) is 39.4 Å². The van der Waals surface area contributed by atoms with E-state index in [9.17, 15) is 4.79 Å². The molecule has 3 heteroatoms. The van der Waals surface area contributed by atoms with Crippen molar-refractivity contribution < 1.29 is 13.9 Å². The molecule has 0 bridgehead atoms. The quantitative estimate of drug-likeness (QED) is 0.483. The van der Waals surface area contributed by atoms with Crippen molar-refractivity contribution in [2.24, 2.45) is 0 Å². The van der Waals surface area contributed by atoms with Crippen molar-refractivity contribution in [3.63, 3.8) is 0 Å². The largest absolute Gasteiger partial charge is 0.465 e. The molecule has 1 aliphatic rings. The molecule has 0 unspecified atom stereocenters. The van der Waals surface area contributed by atoms with E-state index in [1.165, 1.54) is 30.0 Å². The number of furan rings is 1. The molecular weight excluding hydrogens is 252 g/mol. The van der Waals surface area contributed by atoms with Gasteiger partial charge in [0, 0.05) is 6.08 Å². The van der Waals surface area contributed by atoms with Crippen LogP contribution in [0, 0.1) is 0 Å². The number of hydrogen-bond donors (Lipinski definition) is 0. The number of hydrogen-bond acceptors (Lipinski definition) is 3. The highest BCUT2D eigenvalue weighted by atomic mass is 16.5. The van der Waals surface area contributed by atoms with Crippen molar-refractivity contribution >= 4 is 12.0 Å². The van der Waals surface area contributed by atoms with Crippen molar-refractivity contribution in [1.82, 2.24) is 0 Å². The third-order valence-corrected chi connectivity index (χ3v) is 3.47. The maximum Gasteiger partial charge on any atom is 0.336 e. The Labute approximate surface area is 117 Å². The first kappa shape index (κ1) is 12.7. The van der Waals surface area contributed by atoms with Gasteiger partial charge in [-0.15, -0.1) is 0 Å². The predicted molar refractivity (Wildman–Crippen MR) is 76.5 cm³/mol. The van der Waals surface area contributed by atoms with E-state index in [0.29, 0.717) is 11.5 Å². The van der Waals surface area contributed by atoms with Crippen molar-refractivity contribution in [2.45, 2.75) is 25.7 Å². The van der Waals surface area contributed by atoms with E-state index in [4.69, 9.17) is 9.15 Å². The summed E-state index contributed by atoms with van der Waals surface area (Å²) in [5.41, 5.74) is 2.68. The smallest absolute Gasteiger partial charge is 0.336 e. The number of carbonyl (C=O) groups excluding carboxylic acids is 1. The Kier molecular flexibility index (Phi) is 3.68. The van der Waals surface area contributed by atoms with Crippen LogP contribution in [0.5, 0.6) is 5.75 Å². The summed E-state index contributed by atoms with van der Waals surface area (Å²) in [6.07, 6.45) is 9.19. The summed E-state index contributed by atoms with van der Waals surface area (Å²) in [4.78, 5) is 11.7. The van der Waals surface area contributed by atoms with Gasteiger partial charge >= 0.3 is 5.97 Å². The molecule has 1 aliphatic carbocycles. The van der Waals surface area contributed by atoms with E-state index < -0.39 is 5.97 Å². The monoisotopic (exact) mass is 268 g/mol. The zero-order valence-corrected chi connectivity index (χ0v) is 11.2. The molecule has 0 aliphatic heterocycles. The summed E-state index contributed by atoms with van der Waals surface area (Å²) in [5.74, 6) is 0.851. The third-order valence-electron chi connectivity index (χ3n) is 3.47. The molecule has 102 valence electrons. The van der Waals surface area contributed by atoms with Gasteiger partial charge < -0.3 is 9.15 Å². The maximum atomic E-state index is 11.7. The molecule has 3 rings (SSSR count). The standard InChI is InChI=1S/C17H16O3/c18-17(10-9-15-6-3-11-19-15)20-16-8-7-13-4-1-2-5-14(13)12-16/h3,6-12H,1-2,4-5H2/b10-9+. The first-order chi connectivity index (χ1) is 9.81. The average molecular weight is 268 g/mol. The fourth-order valence-corrected chi connectivity index (χ4v) is 2.46. The Morgan fingerprint density at radius 3 is 2.80 bits per heavy atom. The number of ether oxygens (including phenoxy) is 1. The summed E-state index contributed by atoms with van der Waals surface area (Å²) in [7, 11) is 0. The number of benzene rings is 1. The van der Waals surface area contributed by atoms with E-state index >= 15 is 0 Å². The Morgan fingerprint density at radius 1 is 1.15 bits per heavy atom. The normalized spacial score (nSPS) is 14.2. The molecule has 2 aromatic rings. The van der Waals surface area contributed by atoms with Gasteiger partial charge in [0.1, 0.15) is 11.5 Å². The van der Waals surface area contributed by atoms with Crippen LogP contribution in [-0.2, 0) is 17.6 Å². The molecule has 20 heavy (non-hydrogen) atoms. The Morgan fingerprint density at radius 2 is 2.00 bits per heavy atom. The fourth-order valence-electron chi connectivity index (χ4n) is 2.46. The highest BCUT2D eigenvalue weighted by molar-refractivity contribution is 5.88. The Hall–Kier alpha value is -2.29. The zero-order valence-electron chi connectivity index (χ0n) is 11.2. The molecule has 1 aromatic carbocycles. The molecular formula is C17H16O3.